The van der Waals surface area contributed by atoms with Crippen LogP contribution >= 0.6 is 15.9 Å². The normalized spacial score (nSPS) is 17.2. The van der Waals surface area contributed by atoms with Gasteiger partial charge in [-0.2, -0.15) is 0 Å². The molecule has 0 saturated carbocycles. The van der Waals surface area contributed by atoms with E-state index in [1.807, 2.05) is 6.07 Å². The average molecular weight is 402 g/mol. The van der Waals surface area contributed by atoms with Crippen molar-refractivity contribution < 1.29 is 19.4 Å². The molecule has 1 heterocycles. The lowest BCUT2D eigenvalue weighted by Crippen LogP contribution is -2.30. The third kappa shape index (κ3) is 3.05. The zero-order chi connectivity index (χ0) is 18.1. The maximum atomic E-state index is 12.7. The van der Waals surface area contributed by atoms with Crippen LogP contribution in [-0.2, 0) is 9.59 Å². The number of methoxy groups -OCH3 is 1. The van der Waals surface area contributed by atoms with Crippen LogP contribution in [0.5, 0.6) is 5.75 Å². The fraction of sp³-hybridized carbons (Fsp3) is 0.158. The van der Waals surface area contributed by atoms with E-state index in [1.165, 1.54) is 11.8 Å². The molecule has 0 spiro atoms. The molecule has 6 heteroatoms. The third-order valence-corrected chi connectivity index (χ3v) is 4.60. The summed E-state index contributed by atoms with van der Waals surface area (Å²) >= 11 is 3.39. The van der Waals surface area contributed by atoms with Gasteiger partial charge in [0.1, 0.15) is 5.75 Å². The minimum absolute atomic E-state index is 0.0927. The number of Topliss-reactive ketones (excluding diaryl/α,β-unsaturated/α-hetero) is 1. The Bertz CT molecular complexity index is 873. The van der Waals surface area contributed by atoms with Crippen LogP contribution in [0.4, 0.5) is 5.69 Å². The van der Waals surface area contributed by atoms with Gasteiger partial charge < -0.3 is 9.84 Å². The number of aliphatic hydroxyl groups excluding tert-OH is 1. The first-order valence-electron chi connectivity index (χ1n) is 7.61. The minimum Gasteiger partial charge on any atom is -0.503 e. The summed E-state index contributed by atoms with van der Waals surface area (Å²) < 4.78 is 5.95. The van der Waals surface area contributed by atoms with E-state index >= 15 is 0 Å². The number of carbonyl (C=O) groups excluding carboxylic acids is 2. The molecule has 1 aliphatic heterocycles. The second-order valence-corrected chi connectivity index (χ2v) is 6.56. The number of carbonyl (C=O) groups is 2. The molecule has 0 saturated heterocycles. The van der Waals surface area contributed by atoms with Gasteiger partial charge >= 0.3 is 0 Å². The molecule has 0 aliphatic carbocycles. The van der Waals surface area contributed by atoms with Crippen molar-refractivity contribution in [3.63, 3.8) is 0 Å². The molecule has 3 rings (SSSR count). The largest absolute Gasteiger partial charge is 0.503 e. The number of amides is 1. The van der Waals surface area contributed by atoms with Crippen LogP contribution in [0.15, 0.2) is 64.3 Å². The molecule has 0 bridgehead atoms. The summed E-state index contributed by atoms with van der Waals surface area (Å²) in [5.74, 6) is -0.777. The van der Waals surface area contributed by atoms with E-state index < -0.39 is 17.7 Å². The van der Waals surface area contributed by atoms with Crippen LogP contribution < -0.4 is 9.64 Å². The van der Waals surface area contributed by atoms with Crippen molar-refractivity contribution in [1.82, 2.24) is 0 Å². The summed E-state index contributed by atoms with van der Waals surface area (Å²) in [6.45, 7) is 1.35. The highest BCUT2D eigenvalue weighted by molar-refractivity contribution is 9.10. The highest BCUT2D eigenvalue weighted by Gasteiger charge is 2.43. The number of hydrogen-bond donors (Lipinski definition) is 1. The predicted octanol–water partition coefficient (Wildman–Crippen LogP) is 3.95. The van der Waals surface area contributed by atoms with Crippen molar-refractivity contribution in [2.75, 3.05) is 12.0 Å². The Morgan fingerprint density at radius 3 is 2.44 bits per heavy atom. The van der Waals surface area contributed by atoms with E-state index in [-0.39, 0.29) is 11.4 Å². The number of rotatable bonds is 4. The van der Waals surface area contributed by atoms with Crippen molar-refractivity contribution in [2.45, 2.75) is 13.0 Å². The van der Waals surface area contributed by atoms with E-state index in [4.69, 9.17) is 4.74 Å². The maximum absolute atomic E-state index is 12.7. The first kappa shape index (κ1) is 17.2. The molecule has 1 N–H and O–H groups in total. The lowest BCUT2D eigenvalue weighted by Gasteiger charge is -2.27. The molecule has 5 nitrogen and oxygen atoms in total. The Hall–Kier alpha value is -2.60. The van der Waals surface area contributed by atoms with Crippen molar-refractivity contribution >= 4 is 33.3 Å². The minimum atomic E-state index is -0.690. The highest BCUT2D eigenvalue weighted by Crippen LogP contribution is 2.41. The van der Waals surface area contributed by atoms with E-state index in [1.54, 1.807) is 49.6 Å². The molecule has 1 amide bonds. The van der Waals surface area contributed by atoms with Crippen LogP contribution in [0.1, 0.15) is 18.5 Å². The van der Waals surface area contributed by atoms with Gasteiger partial charge in [-0.15, -0.1) is 0 Å². The number of nitrogens with zero attached hydrogens (tertiary/aromatic N) is 1. The number of halogens is 1. The fourth-order valence-electron chi connectivity index (χ4n) is 2.96. The number of benzene rings is 2. The van der Waals surface area contributed by atoms with Gasteiger partial charge in [0.05, 0.1) is 18.7 Å². The SMILES string of the molecule is COc1ccc(C2C(C(C)=O)=C(O)C(=O)N2c2cccc(Br)c2)cc1. The molecule has 1 aliphatic rings. The summed E-state index contributed by atoms with van der Waals surface area (Å²) in [7, 11) is 1.56. The Labute approximate surface area is 153 Å². The van der Waals surface area contributed by atoms with Crippen LogP contribution in [0.2, 0.25) is 0 Å². The number of ether oxygens (including phenoxy) is 1. The van der Waals surface area contributed by atoms with Crippen LogP contribution in [0, 0.1) is 0 Å². The predicted molar refractivity (Wildman–Crippen MR) is 97.7 cm³/mol. The summed E-state index contributed by atoms with van der Waals surface area (Å²) in [5.41, 5.74) is 1.39. The monoisotopic (exact) mass is 401 g/mol. The van der Waals surface area contributed by atoms with Gasteiger partial charge in [0.15, 0.2) is 11.5 Å². The smallest absolute Gasteiger partial charge is 0.294 e. The number of hydrogen-bond acceptors (Lipinski definition) is 4. The molecule has 0 aromatic heterocycles. The average Bonchev–Trinajstić information content (AvgIpc) is 2.86. The molecule has 1 atom stereocenters. The fourth-order valence-corrected chi connectivity index (χ4v) is 3.35. The van der Waals surface area contributed by atoms with Crippen LogP contribution in [-0.4, -0.2) is 23.9 Å². The first-order valence-corrected chi connectivity index (χ1v) is 8.40. The number of ketones is 1. The quantitative estimate of drug-likeness (QED) is 0.841. The van der Waals surface area contributed by atoms with Crippen LogP contribution in [0.25, 0.3) is 0 Å². The van der Waals surface area contributed by atoms with Crippen molar-refractivity contribution in [1.29, 1.82) is 0 Å². The van der Waals surface area contributed by atoms with E-state index in [9.17, 15) is 14.7 Å². The second kappa shape index (κ2) is 6.72. The molecule has 128 valence electrons. The Morgan fingerprint density at radius 2 is 1.88 bits per heavy atom. The Kier molecular flexibility index (Phi) is 4.63. The molecule has 25 heavy (non-hydrogen) atoms. The van der Waals surface area contributed by atoms with Gasteiger partial charge in [-0.3, -0.25) is 14.5 Å². The van der Waals surface area contributed by atoms with Gasteiger partial charge in [0.2, 0.25) is 0 Å². The second-order valence-electron chi connectivity index (χ2n) is 5.65. The highest BCUT2D eigenvalue weighted by atomic mass is 79.9. The Morgan fingerprint density at radius 1 is 1.20 bits per heavy atom. The van der Waals surface area contributed by atoms with Gasteiger partial charge in [-0.05, 0) is 42.8 Å². The topological polar surface area (TPSA) is 66.8 Å². The molecule has 0 radical (unpaired) electrons. The summed E-state index contributed by atoms with van der Waals surface area (Å²) in [4.78, 5) is 26.2. The molecule has 1 unspecified atom stereocenters. The van der Waals surface area contributed by atoms with E-state index in [0.717, 1.165) is 4.47 Å². The van der Waals surface area contributed by atoms with Crippen molar-refractivity contribution in [3.05, 3.63) is 69.9 Å². The van der Waals surface area contributed by atoms with Gasteiger partial charge in [0.25, 0.3) is 5.91 Å². The zero-order valence-corrected chi connectivity index (χ0v) is 15.3. The number of aliphatic hydroxyl groups is 1. The first-order chi connectivity index (χ1) is 11.9. The molecular weight excluding hydrogens is 386 g/mol. The maximum Gasteiger partial charge on any atom is 0.294 e. The van der Waals surface area contributed by atoms with E-state index in [0.29, 0.717) is 17.0 Å². The third-order valence-electron chi connectivity index (χ3n) is 4.11. The van der Waals surface area contributed by atoms with Crippen molar-refractivity contribution in [2.24, 2.45) is 0 Å². The summed E-state index contributed by atoms with van der Waals surface area (Å²) in [6.07, 6.45) is 0. The molecule has 2 aromatic carbocycles. The van der Waals surface area contributed by atoms with Gasteiger partial charge in [0, 0.05) is 10.2 Å². The van der Waals surface area contributed by atoms with Crippen LogP contribution in [0.3, 0.4) is 0 Å². The van der Waals surface area contributed by atoms with Gasteiger partial charge in [-0.1, -0.05) is 34.1 Å². The summed E-state index contributed by atoms with van der Waals surface area (Å²) in [6, 6.07) is 13.5. The lowest BCUT2D eigenvalue weighted by atomic mass is 9.96. The van der Waals surface area contributed by atoms with E-state index in [2.05, 4.69) is 15.9 Å². The molecular formula is C19H16BrNO4. The van der Waals surface area contributed by atoms with Gasteiger partial charge in [-0.25, -0.2) is 0 Å². The Balaban J connectivity index is 2.15. The molecule has 0 fully saturated rings. The zero-order valence-electron chi connectivity index (χ0n) is 13.7. The summed E-state index contributed by atoms with van der Waals surface area (Å²) in [5, 5.41) is 10.3. The lowest BCUT2D eigenvalue weighted by molar-refractivity contribution is -0.117. The standard InChI is InChI=1S/C19H16BrNO4/c1-11(22)16-17(12-6-8-15(25-2)9-7-12)21(19(24)18(16)23)14-5-3-4-13(20)10-14/h3-10,17,23H,1-2H3. The molecule has 2 aromatic rings. The number of anilines is 1. The van der Waals surface area contributed by atoms with Crippen molar-refractivity contribution in [3.8, 4) is 5.75 Å².